The molecule has 0 radical (unpaired) electrons. The molecule has 1 heterocycles. The van der Waals surface area contributed by atoms with E-state index in [4.69, 9.17) is 9.47 Å². The van der Waals surface area contributed by atoms with Gasteiger partial charge in [0.25, 0.3) is 5.69 Å². The zero-order chi connectivity index (χ0) is 22.4. The van der Waals surface area contributed by atoms with Crippen molar-refractivity contribution in [2.24, 2.45) is 4.99 Å². The van der Waals surface area contributed by atoms with E-state index >= 15 is 0 Å². The second-order valence-corrected chi connectivity index (χ2v) is 8.41. The molecule has 2 aromatic carbocycles. The van der Waals surface area contributed by atoms with E-state index in [2.05, 4.69) is 4.99 Å². The quantitative estimate of drug-likeness (QED) is 0.219. The van der Waals surface area contributed by atoms with Crippen LogP contribution in [-0.2, 0) is 20.9 Å². The topological polar surface area (TPSA) is 113 Å². The van der Waals surface area contributed by atoms with Crippen molar-refractivity contribution in [3.8, 4) is 5.75 Å². The Morgan fingerprint density at radius 1 is 1.19 bits per heavy atom. The molecule has 31 heavy (non-hydrogen) atoms. The molecule has 3 aromatic rings. The molecule has 0 unspecified atom stereocenters. The van der Waals surface area contributed by atoms with Gasteiger partial charge in [-0.15, -0.1) is 11.8 Å². The Hall–Kier alpha value is -3.18. The first-order valence-corrected chi connectivity index (χ1v) is 10.9. The number of fused-ring (bicyclic) bond motifs is 1. The smallest absolute Gasteiger partial charge is 0.325 e. The molecule has 0 aliphatic carbocycles. The van der Waals surface area contributed by atoms with Gasteiger partial charge in [0, 0.05) is 29.2 Å². The second-order valence-electron chi connectivity index (χ2n) is 6.24. The maximum atomic E-state index is 12.4. The van der Waals surface area contributed by atoms with Gasteiger partial charge in [-0.3, -0.25) is 19.7 Å². The number of nitro benzene ring substituents is 1. The normalized spacial score (nSPS) is 11.5. The Labute approximate surface area is 185 Å². The van der Waals surface area contributed by atoms with E-state index in [0.29, 0.717) is 20.8 Å². The highest BCUT2D eigenvalue weighted by Gasteiger charge is 2.15. The van der Waals surface area contributed by atoms with Crippen LogP contribution in [-0.4, -0.2) is 41.3 Å². The van der Waals surface area contributed by atoms with Gasteiger partial charge in [-0.2, -0.15) is 4.99 Å². The minimum Gasteiger partial charge on any atom is -0.497 e. The monoisotopic (exact) mass is 461 g/mol. The highest BCUT2D eigenvalue weighted by Crippen LogP contribution is 2.24. The molecule has 0 bridgehead atoms. The SMILES string of the molecule is COC(=O)Cn1c(=NC(=O)CCSc2ccc(OC)cc2)sc2ccc([N+](=O)[O-])cc21. The lowest BCUT2D eigenvalue weighted by Crippen LogP contribution is -2.22. The van der Waals surface area contributed by atoms with Crippen molar-refractivity contribution in [2.75, 3.05) is 20.0 Å². The van der Waals surface area contributed by atoms with Crippen molar-refractivity contribution >= 4 is 50.9 Å². The summed E-state index contributed by atoms with van der Waals surface area (Å²) in [5.74, 6) is 0.397. The molecule has 0 fully saturated rings. The molecule has 1 amide bonds. The van der Waals surface area contributed by atoms with Crippen molar-refractivity contribution in [1.29, 1.82) is 0 Å². The van der Waals surface area contributed by atoms with E-state index in [1.54, 1.807) is 13.2 Å². The lowest BCUT2D eigenvalue weighted by Gasteiger charge is -2.04. The number of thioether (sulfide) groups is 1. The average molecular weight is 462 g/mol. The van der Waals surface area contributed by atoms with Crippen molar-refractivity contribution in [1.82, 2.24) is 4.57 Å². The number of ether oxygens (including phenoxy) is 2. The summed E-state index contributed by atoms with van der Waals surface area (Å²) in [6, 6.07) is 11.8. The maximum Gasteiger partial charge on any atom is 0.325 e. The Bertz CT molecular complexity index is 1180. The average Bonchev–Trinajstić information content (AvgIpc) is 3.10. The molecule has 0 aliphatic rings. The van der Waals surface area contributed by atoms with Gasteiger partial charge in [0.2, 0.25) is 5.91 Å². The Balaban J connectivity index is 1.81. The molecule has 162 valence electrons. The van der Waals surface area contributed by atoms with Gasteiger partial charge in [-0.1, -0.05) is 11.3 Å². The number of carbonyl (C=O) groups excluding carboxylic acids is 2. The van der Waals surface area contributed by atoms with Gasteiger partial charge >= 0.3 is 5.97 Å². The predicted octanol–water partition coefficient (Wildman–Crippen LogP) is 3.40. The maximum absolute atomic E-state index is 12.4. The number of esters is 1. The summed E-state index contributed by atoms with van der Waals surface area (Å²) in [6.07, 6.45) is 0.198. The van der Waals surface area contributed by atoms with Crippen LogP contribution in [0.1, 0.15) is 6.42 Å². The van der Waals surface area contributed by atoms with Crippen LogP contribution in [0.5, 0.6) is 5.75 Å². The minimum absolute atomic E-state index is 0.113. The molecule has 0 saturated carbocycles. The third-order valence-corrected chi connectivity index (χ3v) is 6.33. The van der Waals surface area contributed by atoms with Crippen molar-refractivity contribution < 1.29 is 24.0 Å². The van der Waals surface area contributed by atoms with Crippen LogP contribution in [0.4, 0.5) is 5.69 Å². The number of carbonyl (C=O) groups is 2. The van der Waals surface area contributed by atoms with Crippen molar-refractivity contribution in [2.45, 2.75) is 17.9 Å². The van der Waals surface area contributed by atoms with E-state index in [1.165, 1.54) is 46.9 Å². The molecule has 0 N–H and O–H groups in total. The molecule has 0 aliphatic heterocycles. The lowest BCUT2D eigenvalue weighted by molar-refractivity contribution is -0.384. The van der Waals surface area contributed by atoms with Crippen LogP contribution in [0.15, 0.2) is 52.4 Å². The highest BCUT2D eigenvalue weighted by atomic mass is 32.2. The van der Waals surface area contributed by atoms with Crippen LogP contribution in [0, 0.1) is 10.1 Å². The molecule has 11 heteroatoms. The number of hydrogen-bond donors (Lipinski definition) is 0. The first kappa shape index (κ1) is 22.5. The Morgan fingerprint density at radius 3 is 2.58 bits per heavy atom. The summed E-state index contributed by atoms with van der Waals surface area (Å²) in [4.78, 5) is 40.3. The summed E-state index contributed by atoms with van der Waals surface area (Å²) >= 11 is 2.70. The van der Waals surface area contributed by atoms with E-state index in [-0.39, 0.29) is 24.6 Å². The van der Waals surface area contributed by atoms with E-state index in [1.807, 2.05) is 24.3 Å². The number of nitro groups is 1. The summed E-state index contributed by atoms with van der Waals surface area (Å²) in [6.45, 7) is -0.204. The number of non-ortho nitro benzene ring substituents is 1. The van der Waals surface area contributed by atoms with E-state index in [0.717, 1.165) is 10.6 Å². The molecular weight excluding hydrogens is 442 g/mol. The standard InChI is InChI=1S/C20H19N3O6S2/c1-28-14-4-6-15(7-5-14)30-10-9-18(24)21-20-22(12-19(25)29-2)16-11-13(23(26)27)3-8-17(16)31-20/h3-8,11H,9-10,12H2,1-2H3. The number of nitrogens with zero attached hydrogens (tertiary/aromatic N) is 3. The zero-order valence-corrected chi connectivity index (χ0v) is 18.4. The van der Waals surface area contributed by atoms with Crippen LogP contribution in [0.25, 0.3) is 10.2 Å². The summed E-state index contributed by atoms with van der Waals surface area (Å²) in [7, 11) is 2.85. The summed E-state index contributed by atoms with van der Waals surface area (Å²) in [5, 5.41) is 11.1. The molecule has 3 rings (SSSR count). The van der Waals surface area contributed by atoms with Crippen LogP contribution >= 0.6 is 23.1 Å². The number of aromatic nitrogens is 1. The summed E-state index contributed by atoms with van der Waals surface area (Å²) in [5.41, 5.74) is 0.335. The Morgan fingerprint density at radius 2 is 1.94 bits per heavy atom. The second kappa shape index (κ2) is 10.2. The van der Waals surface area contributed by atoms with E-state index < -0.39 is 10.9 Å². The lowest BCUT2D eigenvalue weighted by atomic mass is 10.3. The third kappa shape index (κ3) is 5.70. The number of rotatable bonds is 8. The molecule has 0 saturated heterocycles. The third-order valence-electron chi connectivity index (χ3n) is 4.26. The van der Waals surface area contributed by atoms with Gasteiger partial charge < -0.3 is 14.0 Å². The predicted molar refractivity (Wildman–Crippen MR) is 117 cm³/mol. The summed E-state index contributed by atoms with van der Waals surface area (Å²) < 4.78 is 12.0. The fraction of sp³-hybridized carbons (Fsp3) is 0.250. The molecule has 9 nitrogen and oxygen atoms in total. The fourth-order valence-electron chi connectivity index (χ4n) is 2.69. The first-order chi connectivity index (χ1) is 14.9. The van der Waals surface area contributed by atoms with Crippen molar-refractivity contribution in [3.05, 3.63) is 57.4 Å². The molecular formula is C20H19N3O6S2. The largest absolute Gasteiger partial charge is 0.497 e. The fourth-order valence-corrected chi connectivity index (χ4v) is 4.56. The van der Waals surface area contributed by atoms with Crippen molar-refractivity contribution in [3.63, 3.8) is 0 Å². The number of benzene rings is 2. The number of amides is 1. The highest BCUT2D eigenvalue weighted by molar-refractivity contribution is 7.99. The minimum atomic E-state index is -0.546. The number of methoxy groups -OCH3 is 2. The number of hydrogen-bond acceptors (Lipinski definition) is 8. The zero-order valence-electron chi connectivity index (χ0n) is 16.8. The van der Waals surface area contributed by atoms with Crippen LogP contribution in [0.3, 0.4) is 0 Å². The number of thiazole rings is 1. The van der Waals surface area contributed by atoms with Gasteiger partial charge in [0.15, 0.2) is 4.80 Å². The van der Waals surface area contributed by atoms with Gasteiger partial charge in [-0.05, 0) is 30.3 Å². The van der Waals surface area contributed by atoms with Gasteiger partial charge in [0.1, 0.15) is 12.3 Å². The van der Waals surface area contributed by atoms with Gasteiger partial charge in [-0.25, -0.2) is 0 Å². The van der Waals surface area contributed by atoms with Gasteiger partial charge in [0.05, 0.1) is 29.4 Å². The van der Waals surface area contributed by atoms with Crippen LogP contribution < -0.4 is 9.54 Å². The Kier molecular flexibility index (Phi) is 7.42. The van der Waals surface area contributed by atoms with Crippen LogP contribution in [0.2, 0.25) is 0 Å². The molecule has 1 aromatic heterocycles. The molecule has 0 spiro atoms. The molecule has 0 atom stereocenters. The first-order valence-electron chi connectivity index (χ1n) is 9.10. The van der Waals surface area contributed by atoms with E-state index in [9.17, 15) is 19.7 Å².